The highest BCUT2D eigenvalue weighted by Crippen LogP contribution is 2.30. The molecule has 0 spiro atoms. The SMILES string of the molecule is CCc1cc(SCC(=O)c2ccc(F)cc2)n2c(nc3ccccc32)c1C#N. The lowest BCUT2D eigenvalue weighted by atomic mass is 10.1. The summed E-state index contributed by atoms with van der Waals surface area (Å²) in [6.45, 7) is 1.99. The Morgan fingerprint density at radius 3 is 2.68 bits per heavy atom. The Morgan fingerprint density at radius 2 is 1.96 bits per heavy atom. The number of Topliss-reactive ketones (excluding diaryl/α,β-unsaturated/α-hetero) is 1. The van der Waals surface area contributed by atoms with Crippen molar-refractivity contribution < 1.29 is 9.18 Å². The molecule has 4 rings (SSSR count). The van der Waals surface area contributed by atoms with Gasteiger partial charge in [0.1, 0.15) is 11.9 Å². The molecule has 0 fully saturated rings. The number of aromatic nitrogens is 2. The lowest BCUT2D eigenvalue weighted by molar-refractivity contribution is 0.102. The number of imidazole rings is 1. The second-order valence-corrected chi connectivity index (χ2v) is 7.32. The van der Waals surface area contributed by atoms with Crippen LogP contribution >= 0.6 is 11.8 Å². The van der Waals surface area contributed by atoms with Crippen LogP contribution in [-0.4, -0.2) is 20.9 Å². The van der Waals surface area contributed by atoms with Crippen molar-refractivity contribution >= 4 is 34.2 Å². The maximum atomic E-state index is 13.1. The second-order valence-electron chi connectivity index (χ2n) is 6.33. The fourth-order valence-corrected chi connectivity index (χ4v) is 4.20. The second kappa shape index (κ2) is 7.45. The van der Waals surface area contributed by atoms with E-state index in [1.807, 2.05) is 41.7 Å². The van der Waals surface area contributed by atoms with Gasteiger partial charge in [-0.3, -0.25) is 9.20 Å². The van der Waals surface area contributed by atoms with Crippen molar-refractivity contribution in [3.05, 3.63) is 77.1 Å². The van der Waals surface area contributed by atoms with E-state index in [0.29, 0.717) is 23.2 Å². The number of pyridine rings is 1. The normalized spacial score (nSPS) is 11.0. The maximum absolute atomic E-state index is 13.1. The van der Waals surface area contributed by atoms with Crippen molar-refractivity contribution in [2.24, 2.45) is 0 Å². The summed E-state index contributed by atoms with van der Waals surface area (Å²) in [6.07, 6.45) is 0.696. The van der Waals surface area contributed by atoms with Gasteiger partial charge in [0.15, 0.2) is 11.4 Å². The van der Waals surface area contributed by atoms with Crippen LogP contribution in [0.15, 0.2) is 59.6 Å². The number of nitriles is 1. The van der Waals surface area contributed by atoms with E-state index in [-0.39, 0.29) is 17.4 Å². The number of fused-ring (bicyclic) bond motifs is 3. The molecule has 0 aliphatic heterocycles. The number of para-hydroxylation sites is 2. The van der Waals surface area contributed by atoms with E-state index in [4.69, 9.17) is 0 Å². The minimum atomic E-state index is -0.365. The number of rotatable bonds is 5. The van der Waals surface area contributed by atoms with E-state index in [2.05, 4.69) is 11.1 Å². The monoisotopic (exact) mass is 389 g/mol. The Balaban J connectivity index is 1.78. The fourth-order valence-electron chi connectivity index (χ4n) is 3.21. The molecule has 0 aliphatic rings. The van der Waals surface area contributed by atoms with E-state index in [0.717, 1.165) is 21.6 Å². The van der Waals surface area contributed by atoms with Gasteiger partial charge in [0, 0.05) is 5.56 Å². The van der Waals surface area contributed by atoms with Gasteiger partial charge in [-0.1, -0.05) is 30.8 Å². The Kier molecular flexibility index (Phi) is 4.84. The van der Waals surface area contributed by atoms with E-state index in [1.54, 1.807) is 0 Å². The molecule has 2 aromatic carbocycles. The van der Waals surface area contributed by atoms with Crippen LogP contribution in [0.4, 0.5) is 4.39 Å². The van der Waals surface area contributed by atoms with Gasteiger partial charge in [-0.2, -0.15) is 5.26 Å². The number of ketones is 1. The van der Waals surface area contributed by atoms with Gasteiger partial charge in [0.2, 0.25) is 0 Å². The van der Waals surface area contributed by atoms with Crippen LogP contribution < -0.4 is 0 Å². The number of thioether (sulfide) groups is 1. The number of carbonyl (C=O) groups is 1. The van der Waals surface area contributed by atoms with Crippen LogP contribution in [0.1, 0.15) is 28.4 Å². The van der Waals surface area contributed by atoms with Crippen molar-refractivity contribution in [1.82, 2.24) is 9.38 Å². The summed E-state index contributed by atoms with van der Waals surface area (Å²) in [5.74, 6) is -0.233. The third kappa shape index (κ3) is 3.14. The van der Waals surface area contributed by atoms with Gasteiger partial charge in [0.05, 0.1) is 27.4 Å². The van der Waals surface area contributed by atoms with Gasteiger partial charge in [-0.05, 0) is 54.4 Å². The molecule has 0 radical (unpaired) electrons. The average Bonchev–Trinajstić information content (AvgIpc) is 3.11. The number of carbonyl (C=O) groups excluding carboxylic acids is 1. The van der Waals surface area contributed by atoms with E-state index in [1.165, 1.54) is 36.0 Å². The van der Waals surface area contributed by atoms with Crippen LogP contribution in [0.25, 0.3) is 16.7 Å². The van der Waals surface area contributed by atoms with Crippen molar-refractivity contribution in [3.8, 4) is 6.07 Å². The van der Waals surface area contributed by atoms with Crippen molar-refractivity contribution in [2.75, 3.05) is 5.75 Å². The highest BCUT2D eigenvalue weighted by atomic mass is 32.2. The molecule has 0 N–H and O–H groups in total. The van der Waals surface area contributed by atoms with Gasteiger partial charge < -0.3 is 0 Å². The highest BCUT2D eigenvalue weighted by molar-refractivity contribution is 8.00. The summed E-state index contributed by atoms with van der Waals surface area (Å²) in [5, 5.41) is 10.5. The van der Waals surface area contributed by atoms with Gasteiger partial charge in [-0.15, -0.1) is 0 Å². The summed E-state index contributed by atoms with van der Waals surface area (Å²) in [6, 6.07) is 17.5. The molecule has 4 nitrogen and oxygen atoms in total. The molecule has 138 valence electrons. The molecule has 0 saturated carbocycles. The Hall–Kier alpha value is -3.17. The molecule has 0 unspecified atom stereocenters. The smallest absolute Gasteiger partial charge is 0.173 e. The summed E-state index contributed by atoms with van der Waals surface area (Å²) in [7, 11) is 0. The first-order valence-corrected chi connectivity index (χ1v) is 9.85. The standard InChI is InChI=1S/C22H16FN3OS/c1-2-14-11-21(28-13-20(27)15-7-9-16(23)10-8-15)26-19-6-4-3-5-18(19)25-22(26)17(14)12-24/h3-11H,2,13H2,1H3. The summed E-state index contributed by atoms with van der Waals surface area (Å²) >= 11 is 1.40. The minimum Gasteiger partial charge on any atom is -0.293 e. The quantitative estimate of drug-likeness (QED) is 0.355. The molecule has 28 heavy (non-hydrogen) atoms. The molecule has 0 bridgehead atoms. The minimum absolute atomic E-state index is 0.0787. The number of hydrogen-bond acceptors (Lipinski definition) is 4. The third-order valence-corrected chi connectivity index (χ3v) is 5.64. The largest absolute Gasteiger partial charge is 0.293 e. The highest BCUT2D eigenvalue weighted by Gasteiger charge is 2.17. The Morgan fingerprint density at radius 1 is 1.21 bits per heavy atom. The van der Waals surface area contributed by atoms with Gasteiger partial charge in [-0.25, -0.2) is 9.37 Å². The number of nitrogens with zero attached hydrogens (tertiary/aromatic N) is 3. The first-order valence-electron chi connectivity index (χ1n) is 8.87. The predicted molar refractivity (Wildman–Crippen MR) is 108 cm³/mol. The van der Waals surface area contributed by atoms with Crippen molar-refractivity contribution in [3.63, 3.8) is 0 Å². The average molecular weight is 389 g/mol. The zero-order valence-electron chi connectivity index (χ0n) is 15.1. The molecule has 2 heterocycles. The number of benzene rings is 2. The van der Waals surface area contributed by atoms with E-state index >= 15 is 0 Å². The lowest BCUT2D eigenvalue weighted by Crippen LogP contribution is -2.05. The summed E-state index contributed by atoms with van der Waals surface area (Å²) < 4.78 is 15.0. The molecular weight excluding hydrogens is 373 g/mol. The lowest BCUT2D eigenvalue weighted by Gasteiger charge is -2.11. The molecule has 4 aromatic rings. The zero-order chi connectivity index (χ0) is 19.7. The van der Waals surface area contributed by atoms with Crippen LogP contribution in [-0.2, 0) is 6.42 Å². The Bertz CT molecular complexity index is 1240. The van der Waals surface area contributed by atoms with Gasteiger partial charge >= 0.3 is 0 Å². The number of hydrogen-bond donors (Lipinski definition) is 0. The summed E-state index contributed by atoms with van der Waals surface area (Å²) in [4.78, 5) is 17.2. The van der Waals surface area contributed by atoms with Crippen LogP contribution in [0.2, 0.25) is 0 Å². The predicted octanol–water partition coefficient (Wildman–Crippen LogP) is 5.04. The molecule has 0 aliphatic carbocycles. The molecule has 2 aromatic heterocycles. The first kappa shape index (κ1) is 18.2. The Labute approximate surface area is 165 Å². The van der Waals surface area contributed by atoms with Gasteiger partial charge in [0.25, 0.3) is 0 Å². The van der Waals surface area contributed by atoms with Crippen molar-refractivity contribution in [1.29, 1.82) is 5.26 Å². The fraction of sp³-hybridized carbons (Fsp3) is 0.136. The third-order valence-electron chi connectivity index (χ3n) is 4.63. The van der Waals surface area contributed by atoms with E-state index in [9.17, 15) is 14.4 Å². The molecular formula is C22H16FN3OS. The zero-order valence-corrected chi connectivity index (χ0v) is 16.0. The molecule has 0 amide bonds. The number of aryl methyl sites for hydroxylation is 1. The topological polar surface area (TPSA) is 58.2 Å². The van der Waals surface area contributed by atoms with E-state index < -0.39 is 0 Å². The van der Waals surface area contributed by atoms with Crippen LogP contribution in [0.5, 0.6) is 0 Å². The number of halogens is 1. The molecule has 0 atom stereocenters. The van der Waals surface area contributed by atoms with Crippen LogP contribution in [0.3, 0.4) is 0 Å². The molecule has 0 saturated heterocycles. The maximum Gasteiger partial charge on any atom is 0.173 e. The summed E-state index contributed by atoms with van der Waals surface area (Å²) in [5.41, 5.74) is 4.26. The first-order chi connectivity index (χ1) is 13.6. The van der Waals surface area contributed by atoms with Crippen molar-refractivity contribution in [2.45, 2.75) is 18.4 Å². The van der Waals surface area contributed by atoms with Crippen LogP contribution in [0, 0.1) is 17.1 Å². The molecule has 6 heteroatoms.